The van der Waals surface area contributed by atoms with Crippen molar-refractivity contribution in [2.24, 2.45) is 5.84 Å². The summed E-state index contributed by atoms with van der Waals surface area (Å²) in [7, 11) is 0. The number of hydrogen-bond donors (Lipinski definition) is 2. The third kappa shape index (κ3) is 2.55. The summed E-state index contributed by atoms with van der Waals surface area (Å²) in [5, 5.41) is 1.18. The maximum absolute atomic E-state index is 5.95. The van der Waals surface area contributed by atoms with Crippen LogP contribution in [0.1, 0.15) is 38.3 Å². The molecule has 2 heterocycles. The lowest BCUT2D eigenvalue weighted by atomic mass is 9.85. The molecule has 3 rings (SSSR count). The normalized spacial score (nSPS) is 18.2. The van der Waals surface area contributed by atoms with Gasteiger partial charge in [-0.1, -0.05) is 18.2 Å². The number of rotatable bonds is 4. The Morgan fingerprint density at radius 3 is 2.67 bits per heavy atom. The molecule has 2 aromatic rings. The predicted molar refractivity (Wildman–Crippen MR) is 86.7 cm³/mol. The first-order valence-corrected chi connectivity index (χ1v) is 7.69. The zero-order chi connectivity index (χ0) is 14.9. The van der Waals surface area contributed by atoms with Gasteiger partial charge in [-0.3, -0.25) is 21.2 Å². The third-order valence-corrected chi connectivity index (χ3v) is 4.78. The van der Waals surface area contributed by atoms with Gasteiger partial charge in [0.1, 0.15) is 0 Å². The van der Waals surface area contributed by atoms with Gasteiger partial charge in [-0.15, -0.1) is 0 Å². The van der Waals surface area contributed by atoms with Crippen molar-refractivity contribution in [2.75, 3.05) is 13.1 Å². The highest BCUT2D eigenvalue weighted by Crippen LogP contribution is 2.35. The summed E-state index contributed by atoms with van der Waals surface area (Å²) in [6, 6.07) is 10.5. The van der Waals surface area contributed by atoms with Gasteiger partial charge in [-0.25, -0.2) is 0 Å². The van der Waals surface area contributed by atoms with E-state index < -0.39 is 0 Å². The Hall–Kier alpha value is -1.49. The van der Waals surface area contributed by atoms with E-state index in [4.69, 9.17) is 5.84 Å². The summed E-state index contributed by atoms with van der Waals surface area (Å²) in [5.41, 5.74) is 5.27. The maximum Gasteiger partial charge on any atom is 0.0705 e. The van der Waals surface area contributed by atoms with Gasteiger partial charge >= 0.3 is 0 Å². The predicted octanol–water partition coefficient (Wildman–Crippen LogP) is 2.61. The van der Waals surface area contributed by atoms with Crippen molar-refractivity contribution in [3.05, 3.63) is 42.1 Å². The molecule has 4 heteroatoms. The van der Waals surface area contributed by atoms with E-state index in [2.05, 4.69) is 53.4 Å². The molecular formula is C17H24N4. The fraction of sp³-hybridized carbons (Fsp3) is 0.471. The Morgan fingerprint density at radius 2 is 1.95 bits per heavy atom. The second-order valence-electron chi connectivity index (χ2n) is 6.36. The highest BCUT2D eigenvalue weighted by molar-refractivity contribution is 5.82. The fourth-order valence-electron chi connectivity index (χ4n) is 3.53. The van der Waals surface area contributed by atoms with Crippen LogP contribution in [-0.4, -0.2) is 28.5 Å². The number of pyridine rings is 1. The van der Waals surface area contributed by atoms with Crippen molar-refractivity contribution in [3.8, 4) is 0 Å². The molecule has 0 spiro atoms. The Balaban J connectivity index is 2.05. The summed E-state index contributed by atoms with van der Waals surface area (Å²) in [4.78, 5) is 6.99. The van der Waals surface area contributed by atoms with E-state index in [1.165, 1.54) is 23.8 Å². The van der Waals surface area contributed by atoms with E-state index in [1.807, 2.05) is 12.3 Å². The minimum Gasteiger partial charge on any atom is -0.296 e. The summed E-state index contributed by atoms with van der Waals surface area (Å²) in [6.07, 6.45) is 4.39. The second kappa shape index (κ2) is 5.72. The molecule has 1 aromatic carbocycles. The van der Waals surface area contributed by atoms with Crippen LogP contribution in [0.2, 0.25) is 0 Å². The molecule has 21 heavy (non-hydrogen) atoms. The van der Waals surface area contributed by atoms with Crippen LogP contribution >= 0.6 is 0 Å². The molecule has 0 amide bonds. The largest absolute Gasteiger partial charge is 0.296 e. The van der Waals surface area contributed by atoms with Crippen molar-refractivity contribution in [1.29, 1.82) is 0 Å². The first-order valence-electron chi connectivity index (χ1n) is 7.69. The van der Waals surface area contributed by atoms with Crippen LogP contribution in [0, 0.1) is 0 Å². The van der Waals surface area contributed by atoms with Crippen LogP contribution in [0.3, 0.4) is 0 Å². The van der Waals surface area contributed by atoms with Crippen LogP contribution in [0.15, 0.2) is 36.5 Å². The van der Waals surface area contributed by atoms with Crippen molar-refractivity contribution in [2.45, 2.75) is 38.3 Å². The standard InChI is InChI=1S/C17H24N4/c1-17(2,21-11-3-4-12-21)16(20-18)14-7-5-9-15-13(14)8-6-10-19-15/h5-10,16,20H,3-4,11-12,18H2,1-2H3. The summed E-state index contributed by atoms with van der Waals surface area (Å²) >= 11 is 0. The Labute approximate surface area is 126 Å². The number of benzene rings is 1. The van der Waals surface area contributed by atoms with E-state index in [9.17, 15) is 0 Å². The van der Waals surface area contributed by atoms with E-state index in [0.29, 0.717) is 0 Å². The van der Waals surface area contributed by atoms with E-state index in [-0.39, 0.29) is 11.6 Å². The first kappa shape index (κ1) is 14.4. The topological polar surface area (TPSA) is 54.2 Å². The average molecular weight is 284 g/mol. The van der Waals surface area contributed by atoms with Gasteiger partial charge in [0, 0.05) is 17.1 Å². The van der Waals surface area contributed by atoms with Gasteiger partial charge in [-0.2, -0.15) is 0 Å². The molecule has 1 unspecified atom stereocenters. The molecular weight excluding hydrogens is 260 g/mol. The van der Waals surface area contributed by atoms with Gasteiger partial charge in [-0.05, 0) is 57.5 Å². The third-order valence-electron chi connectivity index (χ3n) is 4.78. The first-order chi connectivity index (χ1) is 10.1. The smallest absolute Gasteiger partial charge is 0.0705 e. The SMILES string of the molecule is CC(C)(C(NN)c1cccc2ncccc12)N1CCCC1. The van der Waals surface area contributed by atoms with Crippen molar-refractivity contribution in [1.82, 2.24) is 15.3 Å². The van der Waals surface area contributed by atoms with Gasteiger partial charge in [0.25, 0.3) is 0 Å². The van der Waals surface area contributed by atoms with E-state index >= 15 is 0 Å². The molecule has 1 aromatic heterocycles. The molecule has 0 radical (unpaired) electrons. The average Bonchev–Trinajstić information content (AvgIpc) is 3.03. The summed E-state index contributed by atoms with van der Waals surface area (Å²) < 4.78 is 0. The Kier molecular flexibility index (Phi) is 3.93. The monoisotopic (exact) mass is 284 g/mol. The van der Waals surface area contributed by atoms with Crippen LogP contribution < -0.4 is 11.3 Å². The number of fused-ring (bicyclic) bond motifs is 1. The van der Waals surface area contributed by atoms with E-state index in [0.717, 1.165) is 18.6 Å². The molecule has 1 atom stereocenters. The van der Waals surface area contributed by atoms with Crippen LogP contribution in [0.25, 0.3) is 10.9 Å². The highest BCUT2D eigenvalue weighted by atomic mass is 15.3. The van der Waals surface area contributed by atoms with Gasteiger partial charge in [0.05, 0.1) is 11.6 Å². The van der Waals surface area contributed by atoms with Crippen molar-refractivity contribution >= 4 is 10.9 Å². The summed E-state index contributed by atoms with van der Waals surface area (Å²) in [6.45, 7) is 6.85. The Bertz CT molecular complexity index is 612. The van der Waals surface area contributed by atoms with Gasteiger partial charge in [0.15, 0.2) is 0 Å². The van der Waals surface area contributed by atoms with Gasteiger partial charge in [0.2, 0.25) is 0 Å². The van der Waals surface area contributed by atoms with Crippen LogP contribution in [-0.2, 0) is 0 Å². The van der Waals surface area contributed by atoms with Crippen LogP contribution in [0.5, 0.6) is 0 Å². The van der Waals surface area contributed by atoms with E-state index in [1.54, 1.807) is 0 Å². The van der Waals surface area contributed by atoms with Gasteiger partial charge < -0.3 is 0 Å². The molecule has 1 saturated heterocycles. The molecule has 0 aliphatic carbocycles. The summed E-state index contributed by atoms with van der Waals surface area (Å²) in [5.74, 6) is 5.95. The van der Waals surface area contributed by atoms with Crippen molar-refractivity contribution in [3.63, 3.8) is 0 Å². The Morgan fingerprint density at radius 1 is 1.19 bits per heavy atom. The molecule has 1 aliphatic rings. The minimum atomic E-state index is -0.0324. The number of nitrogens with zero attached hydrogens (tertiary/aromatic N) is 2. The number of hydrazine groups is 1. The zero-order valence-corrected chi connectivity index (χ0v) is 12.8. The zero-order valence-electron chi connectivity index (χ0n) is 12.8. The van der Waals surface area contributed by atoms with Crippen LogP contribution in [0.4, 0.5) is 0 Å². The lowest BCUT2D eigenvalue weighted by Crippen LogP contribution is -2.53. The molecule has 1 aliphatic heterocycles. The number of likely N-dealkylation sites (tertiary alicyclic amines) is 1. The lowest BCUT2D eigenvalue weighted by molar-refractivity contribution is 0.107. The second-order valence-corrected chi connectivity index (χ2v) is 6.36. The molecule has 1 fully saturated rings. The highest BCUT2D eigenvalue weighted by Gasteiger charge is 2.37. The molecule has 3 N–H and O–H groups in total. The number of aromatic nitrogens is 1. The molecule has 0 saturated carbocycles. The van der Waals surface area contributed by atoms with Crippen molar-refractivity contribution < 1.29 is 0 Å². The number of nitrogens with one attached hydrogen (secondary N) is 1. The number of hydrogen-bond acceptors (Lipinski definition) is 4. The quantitative estimate of drug-likeness (QED) is 0.669. The maximum atomic E-state index is 5.95. The molecule has 0 bridgehead atoms. The molecule has 4 nitrogen and oxygen atoms in total. The molecule has 112 valence electrons. The lowest BCUT2D eigenvalue weighted by Gasteiger charge is -2.42. The number of nitrogens with two attached hydrogens (primary N) is 1. The fourth-order valence-corrected chi connectivity index (χ4v) is 3.53. The minimum absolute atomic E-state index is 0.0324.